The number of halogens is 1. The van der Waals surface area contributed by atoms with Crippen LogP contribution >= 0.6 is 23.4 Å². The van der Waals surface area contributed by atoms with E-state index in [1.807, 2.05) is 48.5 Å². The van der Waals surface area contributed by atoms with E-state index in [1.165, 1.54) is 11.8 Å². The molecule has 0 atom stereocenters. The van der Waals surface area contributed by atoms with Crippen molar-refractivity contribution < 1.29 is 4.74 Å². The molecule has 0 aliphatic heterocycles. The highest BCUT2D eigenvalue weighted by Gasteiger charge is 2.09. The number of ether oxygens (including phenoxy) is 1. The smallest absolute Gasteiger partial charge is 0.287 e. The molecule has 0 saturated carbocycles. The molecule has 122 valence electrons. The summed E-state index contributed by atoms with van der Waals surface area (Å²) in [5.41, 5.74) is 1.59. The van der Waals surface area contributed by atoms with Crippen LogP contribution in [-0.2, 0) is 5.75 Å². The first-order valence-electron chi connectivity index (χ1n) is 7.27. The van der Waals surface area contributed by atoms with E-state index in [9.17, 15) is 4.79 Å². The van der Waals surface area contributed by atoms with Crippen LogP contribution in [0.3, 0.4) is 0 Å². The third kappa shape index (κ3) is 3.63. The van der Waals surface area contributed by atoms with E-state index in [0.29, 0.717) is 15.8 Å². The van der Waals surface area contributed by atoms with Crippen LogP contribution in [0.1, 0.15) is 5.56 Å². The minimum Gasteiger partial charge on any atom is -0.497 e. The zero-order chi connectivity index (χ0) is 16.9. The Morgan fingerprint density at radius 1 is 1.17 bits per heavy atom. The van der Waals surface area contributed by atoms with Crippen LogP contribution in [0.4, 0.5) is 0 Å². The number of rotatable bonds is 5. The molecular formula is C18H15ClN2O2S. The minimum atomic E-state index is -0.153. The molecule has 0 saturated heterocycles. The summed E-state index contributed by atoms with van der Waals surface area (Å²) in [6.45, 7) is 0. The lowest BCUT2D eigenvalue weighted by Gasteiger charge is -2.08. The quantitative estimate of drug-likeness (QED) is 0.641. The monoisotopic (exact) mass is 358 g/mol. The second kappa shape index (κ2) is 7.55. The number of methoxy groups -OCH3 is 1. The van der Waals surface area contributed by atoms with E-state index in [4.69, 9.17) is 16.3 Å². The van der Waals surface area contributed by atoms with Crippen molar-refractivity contribution in [2.75, 3.05) is 7.11 Å². The lowest BCUT2D eigenvalue weighted by molar-refractivity contribution is 0.414. The maximum absolute atomic E-state index is 12.6. The Labute approximate surface area is 149 Å². The fourth-order valence-corrected chi connectivity index (χ4v) is 3.38. The van der Waals surface area contributed by atoms with Gasteiger partial charge >= 0.3 is 0 Å². The van der Waals surface area contributed by atoms with Gasteiger partial charge in [-0.15, -0.1) is 0 Å². The average molecular weight is 359 g/mol. The predicted molar refractivity (Wildman–Crippen MR) is 97.4 cm³/mol. The fraction of sp³-hybridized carbons (Fsp3) is 0.111. The van der Waals surface area contributed by atoms with Crippen molar-refractivity contribution >= 4 is 23.4 Å². The Hall–Kier alpha value is -2.24. The molecule has 0 unspecified atom stereocenters. The SMILES string of the molecule is COc1ccc(-n2ccnc(SCc3ccccc3Cl)c2=O)cc1. The highest BCUT2D eigenvalue weighted by molar-refractivity contribution is 7.98. The maximum Gasteiger partial charge on any atom is 0.287 e. The second-order valence-electron chi connectivity index (χ2n) is 4.99. The maximum atomic E-state index is 12.6. The van der Waals surface area contributed by atoms with E-state index in [2.05, 4.69) is 4.98 Å². The molecule has 0 aliphatic carbocycles. The molecule has 0 fully saturated rings. The Kier molecular flexibility index (Phi) is 5.23. The van der Waals surface area contributed by atoms with Crippen LogP contribution < -0.4 is 10.3 Å². The Bertz CT molecular complexity index is 894. The Morgan fingerprint density at radius 2 is 1.92 bits per heavy atom. The zero-order valence-corrected chi connectivity index (χ0v) is 14.6. The fourth-order valence-electron chi connectivity index (χ4n) is 2.20. The minimum absolute atomic E-state index is 0.153. The number of hydrogen-bond acceptors (Lipinski definition) is 4. The molecular weight excluding hydrogens is 344 g/mol. The number of benzene rings is 2. The third-order valence-corrected chi connectivity index (χ3v) is 4.86. The predicted octanol–water partition coefficient (Wildman–Crippen LogP) is 4.19. The molecule has 0 bridgehead atoms. The van der Waals surface area contributed by atoms with Crippen molar-refractivity contribution in [3.63, 3.8) is 0 Å². The van der Waals surface area contributed by atoms with Gasteiger partial charge in [-0.05, 0) is 35.9 Å². The molecule has 2 aromatic carbocycles. The highest BCUT2D eigenvalue weighted by atomic mass is 35.5. The summed E-state index contributed by atoms with van der Waals surface area (Å²) < 4.78 is 6.71. The lowest BCUT2D eigenvalue weighted by atomic mass is 10.2. The summed E-state index contributed by atoms with van der Waals surface area (Å²) in [5.74, 6) is 1.34. The average Bonchev–Trinajstić information content (AvgIpc) is 2.62. The Morgan fingerprint density at radius 3 is 2.62 bits per heavy atom. The highest BCUT2D eigenvalue weighted by Crippen LogP contribution is 2.24. The molecule has 0 N–H and O–H groups in total. The summed E-state index contributed by atoms with van der Waals surface area (Å²) in [5, 5.41) is 1.13. The van der Waals surface area contributed by atoms with Gasteiger partial charge in [0.05, 0.1) is 7.11 Å². The van der Waals surface area contributed by atoms with Crippen molar-refractivity contribution in [3.05, 3.63) is 81.9 Å². The van der Waals surface area contributed by atoms with Crippen molar-refractivity contribution in [2.45, 2.75) is 10.8 Å². The summed E-state index contributed by atoms with van der Waals surface area (Å²) in [6.07, 6.45) is 3.28. The van der Waals surface area contributed by atoms with Gasteiger partial charge in [-0.25, -0.2) is 4.98 Å². The molecule has 1 heterocycles. The molecule has 0 aliphatic rings. The molecule has 3 rings (SSSR count). The van der Waals surface area contributed by atoms with Gasteiger partial charge in [0.25, 0.3) is 5.56 Å². The van der Waals surface area contributed by atoms with Crippen molar-refractivity contribution in [1.82, 2.24) is 9.55 Å². The Balaban J connectivity index is 1.85. The largest absolute Gasteiger partial charge is 0.497 e. The lowest BCUT2D eigenvalue weighted by Crippen LogP contribution is -2.20. The van der Waals surface area contributed by atoms with Crippen LogP contribution in [-0.4, -0.2) is 16.7 Å². The van der Waals surface area contributed by atoms with Crippen molar-refractivity contribution in [3.8, 4) is 11.4 Å². The van der Waals surface area contributed by atoms with Crippen LogP contribution in [0, 0.1) is 0 Å². The molecule has 3 aromatic rings. The summed E-state index contributed by atoms with van der Waals surface area (Å²) in [4.78, 5) is 16.9. The summed E-state index contributed by atoms with van der Waals surface area (Å²) in [7, 11) is 1.61. The topological polar surface area (TPSA) is 44.1 Å². The van der Waals surface area contributed by atoms with Crippen LogP contribution in [0.25, 0.3) is 5.69 Å². The van der Waals surface area contributed by atoms with Crippen LogP contribution in [0.5, 0.6) is 5.75 Å². The summed E-state index contributed by atoms with van der Waals surface area (Å²) in [6, 6.07) is 14.9. The molecule has 1 aromatic heterocycles. The third-order valence-electron chi connectivity index (χ3n) is 3.48. The van der Waals surface area contributed by atoms with Gasteiger partial charge in [-0.1, -0.05) is 41.6 Å². The standard InChI is InChI=1S/C18H15ClN2O2S/c1-23-15-8-6-14(7-9-15)21-11-10-20-17(18(21)22)24-12-13-4-2-3-5-16(13)19/h2-11H,12H2,1H3. The second-order valence-corrected chi connectivity index (χ2v) is 6.36. The normalized spacial score (nSPS) is 10.6. The van der Waals surface area contributed by atoms with Gasteiger partial charge < -0.3 is 4.74 Å². The molecule has 0 radical (unpaired) electrons. The molecule has 0 amide bonds. The van der Waals surface area contributed by atoms with E-state index in [1.54, 1.807) is 24.1 Å². The van der Waals surface area contributed by atoms with Gasteiger partial charge in [0.2, 0.25) is 0 Å². The number of hydrogen-bond donors (Lipinski definition) is 0. The van der Waals surface area contributed by atoms with Gasteiger partial charge in [-0.2, -0.15) is 0 Å². The molecule has 6 heteroatoms. The first-order chi connectivity index (χ1) is 11.7. The van der Waals surface area contributed by atoms with Gasteiger partial charge in [0.15, 0.2) is 5.03 Å². The molecule has 24 heavy (non-hydrogen) atoms. The van der Waals surface area contributed by atoms with E-state index in [-0.39, 0.29) is 5.56 Å². The van der Waals surface area contributed by atoms with Gasteiger partial charge in [0.1, 0.15) is 5.75 Å². The number of thioether (sulfide) groups is 1. The van der Waals surface area contributed by atoms with E-state index < -0.39 is 0 Å². The van der Waals surface area contributed by atoms with E-state index in [0.717, 1.165) is 17.0 Å². The number of aromatic nitrogens is 2. The van der Waals surface area contributed by atoms with Crippen LogP contribution in [0.15, 0.2) is 70.7 Å². The van der Waals surface area contributed by atoms with Crippen molar-refractivity contribution in [1.29, 1.82) is 0 Å². The van der Waals surface area contributed by atoms with E-state index >= 15 is 0 Å². The number of nitrogens with zero attached hydrogens (tertiary/aromatic N) is 2. The first kappa shape index (κ1) is 16.6. The van der Waals surface area contributed by atoms with Gasteiger partial charge in [0, 0.05) is 28.9 Å². The summed E-state index contributed by atoms with van der Waals surface area (Å²) >= 11 is 7.53. The molecule has 0 spiro atoms. The molecule has 4 nitrogen and oxygen atoms in total. The van der Waals surface area contributed by atoms with Gasteiger partial charge in [-0.3, -0.25) is 9.36 Å². The zero-order valence-electron chi connectivity index (χ0n) is 13.0. The first-order valence-corrected chi connectivity index (χ1v) is 8.63. The van der Waals surface area contributed by atoms with Crippen molar-refractivity contribution in [2.24, 2.45) is 0 Å². The van der Waals surface area contributed by atoms with Crippen LogP contribution in [0.2, 0.25) is 5.02 Å².